The van der Waals surface area contributed by atoms with E-state index >= 15 is 0 Å². The molecule has 0 saturated heterocycles. The van der Waals surface area contributed by atoms with E-state index in [1.807, 2.05) is 18.2 Å². The Balaban J connectivity index is 1.84. The van der Waals surface area contributed by atoms with Gasteiger partial charge in [0.1, 0.15) is 0 Å². The lowest BCUT2D eigenvalue weighted by Crippen LogP contribution is -2.10. The lowest BCUT2D eigenvalue weighted by Gasteiger charge is -2.09. The lowest BCUT2D eigenvalue weighted by molar-refractivity contribution is 0.285. The highest BCUT2D eigenvalue weighted by Crippen LogP contribution is 2.12. The van der Waals surface area contributed by atoms with Crippen LogP contribution in [0.4, 0.5) is 0 Å². The molecule has 0 bridgehead atoms. The molecule has 25 heavy (non-hydrogen) atoms. The molecule has 0 amide bonds. The third-order valence-electron chi connectivity index (χ3n) is 4.50. The van der Waals surface area contributed by atoms with Gasteiger partial charge in [-0.1, -0.05) is 102 Å². The van der Waals surface area contributed by atoms with E-state index in [-0.39, 0.29) is 0 Å². The highest BCUT2D eigenvalue weighted by molar-refractivity contribution is 5.88. The van der Waals surface area contributed by atoms with Crippen LogP contribution < -0.4 is 0 Å². The van der Waals surface area contributed by atoms with Gasteiger partial charge in [-0.25, -0.2) is 0 Å². The van der Waals surface area contributed by atoms with Crippen molar-refractivity contribution < 1.29 is 4.74 Å². The molecule has 2 heteroatoms. The van der Waals surface area contributed by atoms with Crippen LogP contribution in [0.3, 0.4) is 0 Å². The molecule has 0 aromatic rings. The maximum atomic E-state index is 5.42. The van der Waals surface area contributed by atoms with Gasteiger partial charge in [0.05, 0.1) is 6.61 Å². The zero-order chi connectivity index (χ0) is 17.8. The normalized spacial score (nSPS) is 15.3. The van der Waals surface area contributed by atoms with Gasteiger partial charge in [-0.05, 0) is 18.9 Å². The minimum absolute atomic E-state index is 0.765. The second-order valence-corrected chi connectivity index (χ2v) is 6.92. The molecule has 0 radical (unpaired) electrons. The van der Waals surface area contributed by atoms with Gasteiger partial charge >= 0.3 is 0 Å². The van der Waals surface area contributed by atoms with Crippen molar-refractivity contribution in [2.24, 2.45) is 4.99 Å². The molecule has 142 valence electrons. The van der Waals surface area contributed by atoms with E-state index in [0.717, 1.165) is 25.5 Å². The molecule has 0 aromatic heterocycles. The monoisotopic (exact) mass is 345 g/mol. The van der Waals surface area contributed by atoms with Crippen molar-refractivity contribution >= 4 is 5.90 Å². The summed E-state index contributed by atoms with van der Waals surface area (Å²) >= 11 is 0. The Hall–Kier alpha value is -1.31. The smallest absolute Gasteiger partial charge is 0.208 e. The number of allylic oxidation sites excluding steroid dienone is 5. The van der Waals surface area contributed by atoms with Gasteiger partial charge in [-0.3, -0.25) is 4.99 Å². The maximum Gasteiger partial charge on any atom is 0.208 e. The van der Waals surface area contributed by atoms with Crippen LogP contribution in [0, 0.1) is 0 Å². The molecular weight excluding hydrogens is 306 g/mol. The highest BCUT2D eigenvalue weighted by Gasteiger charge is 1.99. The van der Waals surface area contributed by atoms with Crippen LogP contribution >= 0.6 is 0 Å². The summed E-state index contributed by atoms with van der Waals surface area (Å²) in [6.45, 7) is 3.97. The van der Waals surface area contributed by atoms with Crippen LogP contribution in [-0.2, 0) is 4.74 Å². The van der Waals surface area contributed by atoms with Crippen molar-refractivity contribution in [3.8, 4) is 0 Å². The molecule has 0 atom stereocenters. The van der Waals surface area contributed by atoms with Crippen LogP contribution in [-0.4, -0.2) is 19.0 Å². The van der Waals surface area contributed by atoms with Crippen LogP contribution in [0.2, 0.25) is 0 Å². The molecule has 0 aliphatic carbocycles. The van der Waals surface area contributed by atoms with Gasteiger partial charge in [0.15, 0.2) is 0 Å². The molecule has 1 aliphatic heterocycles. The van der Waals surface area contributed by atoms with Gasteiger partial charge in [0.25, 0.3) is 0 Å². The van der Waals surface area contributed by atoms with E-state index in [2.05, 4.69) is 30.1 Å². The van der Waals surface area contributed by atoms with Gasteiger partial charge in [0.2, 0.25) is 5.90 Å². The zero-order valence-corrected chi connectivity index (χ0v) is 16.4. The molecule has 0 aromatic carbocycles. The first-order valence-corrected chi connectivity index (χ1v) is 10.6. The lowest BCUT2D eigenvalue weighted by atomic mass is 10.1. The summed E-state index contributed by atoms with van der Waals surface area (Å²) < 4.78 is 5.42. The van der Waals surface area contributed by atoms with Crippen molar-refractivity contribution in [3.05, 3.63) is 36.5 Å². The molecule has 1 heterocycles. The van der Waals surface area contributed by atoms with E-state index in [4.69, 9.17) is 4.74 Å². The Morgan fingerprint density at radius 2 is 1.44 bits per heavy atom. The molecular formula is C23H39NO. The third kappa shape index (κ3) is 14.7. The van der Waals surface area contributed by atoms with E-state index in [1.54, 1.807) is 0 Å². The minimum atomic E-state index is 0.765. The number of hydrogen-bond donors (Lipinski definition) is 0. The second kappa shape index (κ2) is 17.5. The van der Waals surface area contributed by atoms with E-state index in [9.17, 15) is 0 Å². The average Bonchev–Trinajstić information content (AvgIpc) is 2.65. The SMILES string of the molecule is CCCCCCCCCCCCCC=CC=CC=CC1=NCCCO1. The molecule has 0 spiro atoms. The first-order chi connectivity index (χ1) is 12.4. The standard InChI is InChI=1S/C23H39NO/c1-2-3-4-5-6-7-8-9-10-11-12-13-14-15-16-17-18-20-23-24-21-19-22-25-23/h14-18,20H,2-13,19,21-22H2,1H3. The summed E-state index contributed by atoms with van der Waals surface area (Å²) in [6, 6.07) is 0. The van der Waals surface area contributed by atoms with Crippen LogP contribution in [0.1, 0.15) is 90.4 Å². The van der Waals surface area contributed by atoms with Crippen molar-refractivity contribution in [2.75, 3.05) is 13.2 Å². The van der Waals surface area contributed by atoms with Crippen molar-refractivity contribution in [1.82, 2.24) is 0 Å². The largest absolute Gasteiger partial charge is 0.478 e. The number of unbranched alkanes of at least 4 members (excludes halogenated alkanes) is 11. The third-order valence-corrected chi connectivity index (χ3v) is 4.50. The molecule has 0 fully saturated rings. The summed E-state index contributed by atoms with van der Waals surface area (Å²) in [6.07, 6.45) is 30.2. The molecule has 0 unspecified atom stereocenters. The Morgan fingerprint density at radius 3 is 2.08 bits per heavy atom. The predicted octanol–water partition coefficient (Wildman–Crippen LogP) is 7.17. The number of rotatable bonds is 15. The Bertz CT molecular complexity index is 406. The predicted molar refractivity (Wildman–Crippen MR) is 111 cm³/mol. The van der Waals surface area contributed by atoms with Crippen LogP contribution in [0.5, 0.6) is 0 Å². The summed E-state index contributed by atoms with van der Waals surface area (Å²) in [5, 5.41) is 0. The number of aliphatic imine (C=N–C) groups is 1. The summed E-state index contributed by atoms with van der Waals surface area (Å²) in [7, 11) is 0. The van der Waals surface area contributed by atoms with Gasteiger partial charge in [0, 0.05) is 13.0 Å². The van der Waals surface area contributed by atoms with Crippen LogP contribution in [0.25, 0.3) is 0 Å². The van der Waals surface area contributed by atoms with Gasteiger partial charge in [-0.2, -0.15) is 0 Å². The number of hydrogen-bond acceptors (Lipinski definition) is 2. The highest BCUT2D eigenvalue weighted by atomic mass is 16.5. The first kappa shape index (κ1) is 21.7. The molecule has 0 saturated carbocycles. The Morgan fingerprint density at radius 1 is 0.800 bits per heavy atom. The maximum absolute atomic E-state index is 5.42. The molecule has 2 nitrogen and oxygen atoms in total. The Kier molecular flexibility index (Phi) is 15.2. The fourth-order valence-electron chi connectivity index (χ4n) is 2.94. The van der Waals surface area contributed by atoms with Crippen LogP contribution in [0.15, 0.2) is 41.4 Å². The van der Waals surface area contributed by atoms with Crippen molar-refractivity contribution in [2.45, 2.75) is 90.4 Å². The fraction of sp³-hybridized carbons (Fsp3) is 0.696. The minimum Gasteiger partial charge on any atom is -0.478 e. The summed E-state index contributed by atoms with van der Waals surface area (Å²) in [4.78, 5) is 4.30. The van der Waals surface area contributed by atoms with Crippen molar-refractivity contribution in [3.63, 3.8) is 0 Å². The summed E-state index contributed by atoms with van der Waals surface area (Å²) in [5.41, 5.74) is 0. The number of ether oxygens (including phenoxy) is 1. The molecule has 1 aliphatic rings. The second-order valence-electron chi connectivity index (χ2n) is 6.92. The quantitative estimate of drug-likeness (QED) is 0.227. The van der Waals surface area contributed by atoms with E-state index < -0.39 is 0 Å². The summed E-state index contributed by atoms with van der Waals surface area (Å²) in [5.74, 6) is 0.765. The average molecular weight is 346 g/mol. The Labute approximate surface area is 156 Å². The fourth-order valence-corrected chi connectivity index (χ4v) is 2.94. The van der Waals surface area contributed by atoms with E-state index in [0.29, 0.717) is 0 Å². The van der Waals surface area contributed by atoms with Gasteiger partial charge in [-0.15, -0.1) is 0 Å². The van der Waals surface area contributed by atoms with E-state index in [1.165, 1.54) is 77.0 Å². The zero-order valence-electron chi connectivity index (χ0n) is 16.4. The number of nitrogens with zero attached hydrogens (tertiary/aromatic N) is 1. The molecule has 1 rings (SSSR count). The van der Waals surface area contributed by atoms with Gasteiger partial charge < -0.3 is 4.74 Å². The molecule has 0 N–H and O–H groups in total. The van der Waals surface area contributed by atoms with Crippen molar-refractivity contribution in [1.29, 1.82) is 0 Å². The first-order valence-electron chi connectivity index (χ1n) is 10.6. The topological polar surface area (TPSA) is 21.6 Å².